The number of nitrogens with zero attached hydrogens (tertiary/aromatic N) is 1. The van der Waals surface area contributed by atoms with Crippen molar-refractivity contribution in [2.45, 2.75) is 39.2 Å². The first kappa shape index (κ1) is 13.2. The third kappa shape index (κ3) is 3.90. The van der Waals surface area contributed by atoms with E-state index in [2.05, 4.69) is 15.5 Å². The van der Waals surface area contributed by atoms with Crippen LogP contribution in [0.25, 0.3) is 0 Å². The van der Waals surface area contributed by atoms with E-state index < -0.39 is 17.9 Å². The smallest absolute Gasteiger partial charge is 0.326 e. The van der Waals surface area contributed by atoms with Gasteiger partial charge in [0.05, 0.1) is 0 Å². The van der Waals surface area contributed by atoms with Crippen molar-refractivity contribution < 1.29 is 14.7 Å². The lowest BCUT2D eigenvalue weighted by molar-refractivity contribution is -0.139. The standard InChI is InChI=1S/C11H17N3O3/c1-3-4-5-8(11(16)17)12-10(15)9-6-7(2)13-14-9/h6,8H,3-5H2,1-2H3,(H,12,15)(H,13,14)(H,16,17). The van der Waals surface area contributed by atoms with Gasteiger partial charge in [-0.1, -0.05) is 19.8 Å². The number of carbonyl (C=O) groups is 2. The molecule has 1 amide bonds. The minimum atomic E-state index is -1.01. The van der Waals surface area contributed by atoms with Gasteiger partial charge >= 0.3 is 5.97 Å². The van der Waals surface area contributed by atoms with Crippen molar-refractivity contribution in [2.24, 2.45) is 0 Å². The van der Waals surface area contributed by atoms with E-state index in [1.54, 1.807) is 13.0 Å². The van der Waals surface area contributed by atoms with Crippen molar-refractivity contribution in [3.05, 3.63) is 17.5 Å². The SMILES string of the molecule is CCCCC(NC(=O)c1cc(C)[nH]n1)C(=O)O. The number of aromatic nitrogens is 2. The number of aliphatic carboxylic acids is 1. The molecule has 0 saturated heterocycles. The van der Waals surface area contributed by atoms with Gasteiger partial charge in [-0.25, -0.2) is 4.79 Å². The number of carboxylic acid groups (broad SMARTS) is 1. The lowest BCUT2D eigenvalue weighted by Gasteiger charge is -2.12. The Morgan fingerprint density at radius 3 is 2.76 bits per heavy atom. The first-order valence-corrected chi connectivity index (χ1v) is 5.60. The summed E-state index contributed by atoms with van der Waals surface area (Å²) in [5.74, 6) is -1.48. The molecule has 0 fully saturated rings. The summed E-state index contributed by atoms with van der Waals surface area (Å²) in [6.45, 7) is 3.74. The molecule has 0 aliphatic heterocycles. The van der Waals surface area contributed by atoms with Crippen LogP contribution in [0.5, 0.6) is 0 Å². The van der Waals surface area contributed by atoms with Crippen molar-refractivity contribution >= 4 is 11.9 Å². The van der Waals surface area contributed by atoms with E-state index in [0.717, 1.165) is 18.5 Å². The van der Waals surface area contributed by atoms with Gasteiger partial charge in [0.1, 0.15) is 11.7 Å². The minimum Gasteiger partial charge on any atom is -0.480 e. The topological polar surface area (TPSA) is 95.1 Å². The van der Waals surface area contributed by atoms with Crippen molar-refractivity contribution in [1.29, 1.82) is 0 Å². The molecule has 1 heterocycles. The van der Waals surface area contributed by atoms with E-state index in [9.17, 15) is 9.59 Å². The highest BCUT2D eigenvalue weighted by Gasteiger charge is 2.20. The number of unbranched alkanes of at least 4 members (excludes halogenated alkanes) is 1. The fourth-order valence-corrected chi connectivity index (χ4v) is 1.43. The van der Waals surface area contributed by atoms with E-state index in [1.165, 1.54) is 0 Å². The molecule has 1 aromatic rings. The molecule has 1 aromatic heterocycles. The molecule has 0 radical (unpaired) electrons. The molecule has 0 aliphatic rings. The number of hydrogen-bond donors (Lipinski definition) is 3. The lowest BCUT2D eigenvalue weighted by atomic mass is 10.1. The number of carboxylic acids is 1. The van der Waals surface area contributed by atoms with Crippen LogP contribution in [0, 0.1) is 6.92 Å². The van der Waals surface area contributed by atoms with E-state index in [4.69, 9.17) is 5.11 Å². The predicted molar refractivity (Wildman–Crippen MR) is 61.7 cm³/mol. The van der Waals surface area contributed by atoms with Gasteiger partial charge in [-0.15, -0.1) is 0 Å². The van der Waals surface area contributed by atoms with Crippen LogP contribution >= 0.6 is 0 Å². The largest absolute Gasteiger partial charge is 0.480 e. The average Bonchev–Trinajstić information content (AvgIpc) is 2.70. The Hall–Kier alpha value is -1.85. The zero-order valence-corrected chi connectivity index (χ0v) is 9.99. The molecular formula is C11H17N3O3. The predicted octanol–water partition coefficient (Wildman–Crippen LogP) is 1.09. The zero-order valence-electron chi connectivity index (χ0n) is 9.99. The zero-order chi connectivity index (χ0) is 12.8. The second-order valence-corrected chi connectivity index (χ2v) is 3.94. The van der Waals surface area contributed by atoms with Crippen LogP contribution in [0.2, 0.25) is 0 Å². The number of carbonyl (C=O) groups excluding carboxylic acids is 1. The molecule has 0 aromatic carbocycles. The summed E-state index contributed by atoms with van der Waals surface area (Å²) in [5.41, 5.74) is 0.973. The molecule has 1 rings (SSSR count). The van der Waals surface area contributed by atoms with Gasteiger partial charge in [-0.05, 0) is 19.4 Å². The van der Waals surface area contributed by atoms with E-state index in [-0.39, 0.29) is 5.69 Å². The second kappa shape index (κ2) is 6.03. The number of aromatic amines is 1. The van der Waals surface area contributed by atoms with Crippen molar-refractivity contribution in [3.8, 4) is 0 Å². The number of H-pyrrole nitrogens is 1. The summed E-state index contributed by atoms with van der Waals surface area (Å²) >= 11 is 0. The van der Waals surface area contributed by atoms with Crippen LogP contribution in [-0.2, 0) is 4.79 Å². The minimum absolute atomic E-state index is 0.213. The number of amides is 1. The van der Waals surface area contributed by atoms with Crippen molar-refractivity contribution in [3.63, 3.8) is 0 Å². The highest BCUT2D eigenvalue weighted by atomic mass is 16.4. The number of nitrogens with one attached hydrogen (secondary N) is 2. The van der Waals surface area contributed by atoms with Crippen LogP contribution in [0.4, 0.5) is 0 Å². The highest BCUT2D eigenvalue weighted by Crippen LogP contribution is 2.03. The summed E-state index contributed by atoms with van der Waals surface area (Å²) in [5, 5.41) is 17.8. The molecule has 1 unspecified atom stereocenters. The Kier molecular flexibility index (Phi) is 4.68. The molecule has 0 spiro atoms. The molecule has 3 N–H and O–H groups in total. The van der Waals surface area contributed by atoms with Crippen LogP contribution in [-0.4, -0.2) is 33.2 Å². The first-order valence-electron chi connectivity index (χ1n) is 5.60. The van der Waals surface area contributed by atoms with Gasteiger partial charge in [0.2, 0.25) is 0 Å². The van der Waals surface area contributed by atoms with Gasteiger partial charge in [0.15, 0.2) is 0 Å². The maximum Gasteiger partial charge on any atom is 0.326 e. The van der Waals surface area contributed by atoms with Gasteiger partial charge in [-0.2, -0.15) is 5.10 Å². The molecule has 1 atom stereocenters. The Morgan fingerprint density at radius 2 is 2.29 bits per heavy atom. The van der Waals surface area contributed by atoms with Gasteiger partial charge < -0.3 is 10.4 Å². The molecule has 17 heavy (non-hydrogen) atoms. The maximum absolute atomic E-state index is 11.7. The molecule has 0 saturated carbocycles. The average molecular weight is 239 g/mol. The summed E-state index contributed by atoms with van der Waals surface area (Å²) in [4.78, 5) is 22.6. The molecule has 94 valence electrons. The van der Waals surface area contributed by atoms with Crippen molar-refractivity contribution in [2.75, 3.05) is 0 Å². The normalized spacial score (nSPS) is 12.1. The molecule has 0 bridgehead atoms. The molecule has 0 aliphatic carbocycles. The van der Waals surface area contributed by atoms with Crippen molar-refractivity contribution in [1.82, 2.24) is 15.5 Å². The quantitative estimate of drug-likeness (QED) is 0.692. The van der Waals surface area contributed by atoms with Crippen LogP contribution in [0.15, 0.2) is 6.07 Å². The Morgan fingerprint density at radius 1 is 1.59 bits per heavy atom. The summed E-state index contributed by atoms with van der Waals surface area (Å²) in [7, 11) is 0. The lowest BCUT2D eigenvalue weighted by Crippen LogP contribution is -2.40. The van der Waals surface area contributed by atoms with E-state index in [1.807, 2.05) is 6.92 Å². The summed E-state index contributed by atoms with van der Waals surface area (Å²) in [6.07, 6.45) is 2.08. The number of rotatable bonds is 6. The molecular weight excluding hydrogens is 222 g/mol. The Balaban J connectivity index is 2.60. The van der Waals surface area contributed by atoms with Gasteiger partial charge in [0.25, 0.3) is 5.91 Å². The Labute approximate surface area is 99.4 Å². The second-order valence-electron chi connectivity index (χ2n) is 3.94. The Bertz CT molecular complexity index is 400. The summed E-state index contributed by atoms with van der Waals surface area (Å²) < 4.78 is 0. The highest BCUT2D eigenvalue weighted by molar-refractivity contribution is 5.94. The summed E-state index contributed by atoms with van der Waals surface area (Å²) in [6, 6.07) is 0.730. The first-order chi connectivity index (χ1) is 8.04. The molecule has 6 nitrogen and oxygen atoms in total. The van der Waals surface area contributed by atoms with Crippen LogP contribution in [0.3, 0.4) is 0 Å². The third-order valence-corrected chi connectivity index (χ3v) is 2.39. The van der Waals surface area contributed by atoms with Gasteiger partial charge in [-0.3, -0.25) is 9.89 Å². The monoisotopic (exact) mass is 239 g/mol. The van der Waals surface area contributed by atoms with E-state index in [0.29, 0.717) is 6.42 Å². The molecule has 6 heteroatoms. The third-order valence-electron chi connectivity index (χ3n) is 2.39. The van der Waals surface area contributed by atoms with E-state index >= 15 is 0 Å². The van der Waals surface area contributed by atoms with Crippen LogP contribution in [0.1, 0.15) is 42.4 Å². The van der Waals surface area contributed by atoms with Gasteiger partial charge in [0, 0.05) is 5.69 Å². The number of aryl methyl sites for hydroxylation is 1. The fourth-order valence-electron chi connectivity index (χ4n) is 1.43. The fraction of sp³-hybridized carbons (Fsp3) is 0.545. The number of hydrogen-bond acceptors (Lipinski definition) is 3. The van der Waals surface area contributed by atoms with Crippen LogP contribution < -0.4 is 5.32 Å². The maximum atomic E-state index is 11.7.